The standard InChI is InChI=1S/C12H8ClFN2O/c13-9-3-1-2-7(11(9)14)12(17)8-6-16-5-4-10(8)15/h1-6H,(H2,15,16). The number of hydrogen-bond donors (Lipinski definition) is 1. The predicted molar refractivity (Wildman–Crippen MR) is 63.5 cm³/mol. The molecule has 2 N–H and O–H groups in total. The quantitative estimate of drug-likeness (QED) is 0.834. The molecule has 0 aliphatic rings. The van der Waals surface area contributed by atoms with Crippen LogP contribution >= 0.6 is 11.6 Å². The van der Waals surface area contributed by atoms with Crippen molar-refractivity contribution in [2.45, 2.75) is 0 Å². The Morgan fingerprint density at radius 3 is 2.76 bits per heavy atom. The molecule has 5 heteroatoms. The molecule has 0 unspecified atom stereocenters. The molecule has 0 bridgehead atoms. The third-order valence-electron chi connectivity index (χ3n) is 2.30. The number of nitrogens with two attached hydrogens (primary N) is 1. The van der Waals surface area contributed by atoms with Gasteiger partial charge in [0.1, 0.15) is 0 Å². The summed E-state index contributed by atoms with van der Waals surface area (Å²) in [5.41, 5.74) is 5.93. The van der Waals surface area contributed by atoms with Crippen molar-refractivity contribution in [3.05, 3.63) is 58.6 Å². The molecule has 0 aliphatic heterocycles. The summed E-state index contributed by atoms with van der Waals surface area (Å²) < 4.78 is 13.7. The number of hydrogen-bond acceptors (Lipinski definition) is 3. The van der Waals surface area contributed by atoms with Crippen molar-refractivity contribution >= 4 is 23.1 Å². The van der Waals surface area contributed by atoms with Crippen molar-refractivity contribution < 1.29 is 9.18 Å². The number of halogens is 2. The first-order chi connectivity index (χ1) is 8.11. The Labute approximate surface area is 102 Å². The van der Waals surface area contributed by atoms with Crippen LogP contribution in [0.25, 0.3) is 0 Å². The predicted octanol–water partition coefficient (Wildman–Crippen LogP) is 2.69. The van der Waals surface area contributed by atoms with Gasteiger partial charge >= 0.3 is 0 Å². The van der Waals surface area contributed by atoms with Gasteiger partial charge in [-0.25, -0.2) is 4.39 Å². The fourth-order valence-electron chi connectivity index (χ4n) is 1.42. The first kappa shape index (κ1) is 11.5. The normalized spacial score (nSPS) is 10.2. The number of nitrogens with zero attached hydrogens (tertiary/aromatic N) is 1. The lowest BCUT2D eigenvalue weighted by atomic mass is 10.0. The molecule has 1 aromatic carbocycles. The van der Waals surface area contributed by atoms with Gasteiger partial charge < -0.3 is 5.73 Å². The summed E-state index contributed by atoms with van der Waals surface area (Å²) >= 11 is 5.61. The Balaban J connectivity index is 2.52. The number of nitrogen functional groups attached to an aromatic ring is 1. The van der Waals surface area contributed by atoms with Crippen LogP contribution in [0.1, 0.15) is 15.9 Å². The van der Waals surface area contributed by atoms with Crippen molar-refractivity contribution in [2.75, 3.05) is 5.73 Å². The highest BCUT2D eigenvalue weighted by Gasteiger charge is 2.17. The minimum absolute atomic E-state index is 0.0988. The van der Waals surface area contributed by atoms with Crippen LogP contribution in [-0.4, -0.2) is 10.8 Å². The highest BCUT2D eigenvalue weighted by Crippen LogP contribution is 2.22. The number of rotatable bonds is 2. The lowest BCUT2D eigenvalue weighted by Crippen LogP contribution is -2.08. The van der Waals surface area contributed by atoms with E-state index in [1.54, 1.807) is 0 Å². The topological polar surface area (TPSA) is 56.0 Å². The van der Waals surface area contributed by atoms with Gasteiger partial charge in [0.15, 0.2) is 11.6 Å². The number of benzene rings is 1. The Morgan fingerprint density at radius 1 is 1.29 bits per heavy atom. The Kier molecular flexibility index (Phi) is 3.06. The molecule has 2 rings (SSSR count). The van der Waals surface area contributed by atoms with Crippen LogP contribution in [0.2, 0.25) is 5.02 Å². The second-order valence-electron chi connectivity index (χ2n) is 3.39. The Hall–Kier alpha value is -1.94. The van der Waals surface area contributed by atoms with Crippen LogP contribution in [0.3, 0.4) is 0 Å². The summed E-state index contributed by atoms with van der Waals surface area (Å²) in [4.78, 5) is 15.8. The molecular formula is C12H8ClFN2O. The van der Waals surface area contributed by atoms with Crippen molar-refractivity contribution in [1.82, 2.24) is 4.98 Å². The van der Waals surface area contributed by atoms with Crippen LogP contribution in [0, 0.1) is 5.82 Å². The summed E-state index contributed by atoms with van der Waals surface area (Å²) in [5, 5.41) is -0.0988. The summed E-state index contributed by atoms with van der Waals surface area (Å²) in [6, 6.07) is 5.72. The van der Waals surface area contributed by atoms with E-state index >= 15 is 0 Å². The van der Waals surface area contributed by atoms with E-state index in [4.69, 9.17) is 17.3 Å². The molecule has 3 nitrogen and oxygen atoms in total. The molecular weight excluding hydrogens is 243 g/mol. The maximum absolute atomic E-state index is 13.7. The number of aromatic nitrogens is 1. The fourth-order valence-corrected chi connectivity index (χ4v) is 1.59. The van der Waals surface area contributed by atoms with Crippen LogP contribution in [-0.2, 0) is 0 Å². The van der Waals surface area contributed by atoms with Gasteiger partial charge in [-0.1, -0.05) is 17.7 Å². The van der Waals surface area contributed by atoms with E-state index in [1.165, 1.54) is 36.7 Å². The number of ketones is 1. The number of carbonyl (C=O) groups is 1. The van der Waals surface area contributed by atoms with Gasteiger partial charge in [-0.3, -0.25) is 9.78 Å². The number of pyridine rings is 1. The van der Waals surface area contributed by atoms with Gasteiger partial charge in [0.2, 0.25) is 0 Å². The minimum Gasteiger partial charge on any atom is -0.398 e. The molecule has 0 amide bonds. The maximum Gasteiger partial charge on any atom is 0.199 e. The molecule has 1 aromatic heterocycles. The van der Waals surface area contributed by atoms with Gasteiger partial charge in [0, 0.05) is 18.1 Å². The molecule has 0 radical (unpaired) electrons. The highest BCUT2D eigenvalue weighted by atomic mass is 35.5. The third kappa shape index (κ3) is 2.12. The first-order valence-corrected chi connectivity index (χ1v) is 5.17. The van der Waals surface area contributed by atoms with E-state index in [1.807, 2.05) is 0 Å². The molecule has 0 atom stereocenters. The molecule has 17 heavy (non-hydrogen) atoms. The number of carbonyl (C=O) groups excluding carboxylic acids is 1. The van der Waals surface area contributed by atoms with Crippen molar-refractivity contribution in [2.24, 2.45) is 0 Å². The van der Waals surface area contributed by atoms with E-state index in [-0.39, 0.29) is 21.8 Å². The average Bonchev–Trinajstić information content (AvgIpc) is 2.32. The monoisotopic (exact) mass is 250 g/mol. The van der Waals surface area contributed by atoms with Crippen molar-refractivity contribution in [1.29, 1.82) is 0 Å². The average molecular weight is 251 g/mol. The van der Waals surface area contributed by atoms with Gasteiger partial charge in [0.25, 0.3) is 0 Å². The van der Waals surface area contributed by atoms with Gasteiger partial charge in [0.05, 0.1) is 16.1 Å². The zero-order valence-corrected chi connectivity index (χ0v) is 9.41. The third-order valence-corrected chi connectivity index (χ3v) is 2.59. The summed E-state index contributed by atoms with van der Waals surface area (Å²) in [5.74, 6) is -1.28. The summed E-state index contributed by atoms with van der Waals surface area (Å²) in [7, 11) is 0. The van der Waals surface area contributed by atoms with Gasteiger partial charge in [-0.15, -0.1) is 0 Å². The molecule has 0 spiro atoms. The van der Waals surface area contributed by atoms with Crippen molar-refractivity contribution in [3.63, 3.8) is 0 Å². The SMILES string of the molecule is Nc1ccncc1C(=O)c1cccc(Cl)c1F. The van der Waals surface area contributed by atoms with E-state index in [0.29, 0.717) is 0 Å². The van der Waals surface area contributed by atoms with Gasteiger partial charge in [-0.05, 0) is 18.2 Å². The van der Waals surface area contributed by atoms with Crippen LogP contribution in [0.5, 0.6) is 0 Å². The van der Waals surface area contributed by atoms with Crippen LogP contribution in [0.4, 0.5) is 10.1 Å². The molecule has 86 valence electrons. The molecule has 0 aliphatic carbocycles. The Morgan fingerprint density at radius 2 is 2.06 bits per heavy atom. The Bertz CT molecular complexity index is 586. The minimum atomic E-state index is -0.748. The first-order valence-electron chi connectivity index (χ1n) is 4.79. The van der Waals surface area contributed by atoms with Crippen molar-refractivity contribution in [3.8, 4) is 0 Å². The van der Waals surface area contributed by atoms with E-state index in [0.717, 1.165) is 0 Å². The smallest absolute Gasteiger partial charge is 0.199 e. The molecule has 0 fully saturated rings. The second kappa shape index (κ2) is 4.51. The maximum atomic E-state index is 13.7. The lowest BCUT2D eigenvalue weighted by Gasteiger charge is -2.05. The summed E-state index contributed by atoms with van der Waals surface area (Å²) in [6.45, 7) is 0. The molecule has 1 heterocycles. The van der Waals surface area contributed by atoms with E-state index in [9.17, 15) is 9.18 Å². The molecule has 0 saturated heterocycles. The second-order valence-corrected chi connectivity index (χ2v) is 3.80. The van der Waals surface area contributed by atoms with Crippen LogP contribution < -0.4 is 5.73 Å². The zero-order chi connectivity index (χ0) is 12.4. The highest BCUT2D eigenvalue weighted by molar-refractivity contribution is 6.31. The van der Waals surface area contributed by atoms with E-state index < -0.39 is 11.6 Å². The zero-order valence-electron chi connectivity index (χ0n) is 8.65. The molecule has 2 aromatic rings. The summed E-state index contributed by atoms with van der Waals surface area (Å²) in [6.07, 6.45) is 2.76. The lowest BCUT2D eigenvalue weighted by molar-refractivity contribution is 0.103. The van der Waals surface area contributed by atoms with Crippen LogP contribution in [0.15, 0.2) is 36.7 Å². The largest absolute Gasteiger partial charge is 0.398 e. The van der Waals surface area contributed by atoms with Gasteiger partial charge in [-0.2, -0.15) is 0 Å². The molecule has 0 saturated carbocycles. The number of anilines is 1. The fraction of sp³-hybridized carbons (Fsp3) is 0. The van der Waals surface area contributed by atoms with E-state index in [2.05, 4.69) is 4.98 Å².